The van der Waals surface area contributed by atoms with Gasteiger partial charge in [0.25, 0.3) is 0 Å². The highest BCUT2D eigenvalue weighted by atomic mass is 16.5. The molecule has 1 atom stereocenters. The van der Waals surface area contributed by atoms with Gasteiger partial charge >= 0.3 is 0 Å². The summed E-state index contributed by atoms with van der Waals surface area (Å²) in [5.41, 5.74) is 0. The summed E-state index contributed by atoms with van der Waals surface area (Å²) in [5, 5.41) is 3.47. The third-order valence-electron chi connectivity index (χ3n) is 2.90. The van der Waals surface area contributed by atoms with Gasteiger partial charge < -0.3 is 14.5 Å². The molecule has 1 aliphatic carbocycles. The quantitative estimate of drug-likeness (QED) is 0.720. The Morgan fingerprint density at radius 2 is 2.44 bits per heavy atom. The summed E-state index contributed by atoms with van der Waals surface area (Å²) in [4.78, 5) is 4.24. The molecule has 4 heteroatoms. The molecule has 1 heterocycles. The predicted molar refractivity (Wildman–Crippen MR) is 61.3 cm³/mol. The van der Waals surface area contributed by atoms with Gasteiger partial charge in [-0.1, -0.05) is 0 Å². The first-order valence-electron chi connectivity index (χ1n) is 6.00. The van der Waals surface area contributed by atoms with Crippen LogP contribution in [0.3, 0.4) is 0 Å². The van der Waals surface area contributed by atoms with E-state index in [1.54, 1.807) is 13.3 Å². The van der Waals surface area contributed by atoms with Gasteiger partial charge in [0, 0.05) is 19.6 Å². The lowest BCUT2D eigenvalue weighted by molar-refractivity contribution is 0.0982. The maximum atomic E-state index is 5.60. The van der Waals surface area contributed by atoms with Crippen molar-refractivity contribution in [2.45, 2.75) is 44.8 Å². The van der Waals surface area contributed by atoms with E-state index in [9.17, 15) is 0 Å². The van der Waals surface area contributed by atoms with Gasteiger partial charge in [0.2, 0.25) is 0 Å². The minimum absolute atomic E-state index is 0.00848. The summed E-state index contributed by atoms with van der Waals surface area (Å²) in [7, 11) is 1.67. The second-order valence-electron chi connectivity index (χ2n) is 4.37. The average Bonchev–Trinajstić information content (AvgIpc) is 3.01. The highest BCUT2D eigenvalue weighted by Crippen LogP contribution is 2.19. The fraction of sp³-hybridized carbons (Fsp3) is 0.750. The number of nitrogens with zero attached hydrogens (tertiary/aromatic N) is 1. The zero-order valence-electron chi connectivity index (χ0n) is 10.0. The third kappa shape index (κ3) is 3.32. The van der Waals surface area contributed by atoms with Gasteiger partial charge in [-0.15, -0.1) is 0 Å². The molecule has 0 aliphatic heterocycles. The van der Waals surface area contributed by atoms with Crippen LogP contribution in [0.5, 0.6) is 0 Å². The van der Waals surface area contributed by atoms with Crippen molar-refractivity contribution in [3.05, 3.63) is 17.8 Å². The monoisotopic (exact) mass is 224 g/mol. The fourth-order valence-corrected chi connectivity index (χ4v) is 1.58. The molecule has 0 aromatic carbocycles. The number of hydrogen-bond acceptors (Lipinski definition) is 4. The summed E-state index contributed by atoms with van der Waals surface area (Å²) in [6.45, 7) is 3.02. The Balaban J connectivity index is 1.69. The van der Waals surface area contributed by atoms with E-state index in [-0.39, 0.29) is 6.10 Å². The molecule has 0 spiro atoms. The van der Waals surface area contributed by atoms with Crippen LogP contribution >= 0.6 is 0 Å². The van der Waals surface area contributed by atoms with Crippen LogP contribution in [-0.4, -0.2) is 24.7 Å². The molecule has 0 amide bonds. The van der Waals surface area contributed by atoms with Gasteiger partial charge in [-0.25, -0.2) is 4.98 Å². The van der Waals surface area contributed by atoms with Gasteiger partial charge in [-0.3, -0.25) is 0 Å². The van der Waals surface area contributed by atoms with Gasteiger partial charge in [0.1, 0.15) is 6.10 Å². The van der Waals surface area contributed by atoms with Crippen LogP contribution in [0.2, 0.25) is 0 Å². The highest BCUT2D eigenvalue weighted by molar-refractivity contribution is 4.97. The van der Waals surface area contributed by atoms with Crippen molar-refractivity contribution >= 4 is 0 Å². The van der Waals surface area contributed by atoms with E-state index in [1.807, 2.05) is 6.92 Å². The van der Waals surface area contributed by atoms with Gasteiger partial charge in [0.15, 0.2) is 11.7 Å². The summed E-state index contributed by atoms with van der Waals surface area (Å²) >= 11 is 0. The number of aromatic nitrogens is 1. The Hall–Kier alpha value is -0.870. The number of aryl methyl sites for hydroxylation is 1. The molecular weight excluding hydrogens is 204 g/mol. The van der Waals surface area contributed by atoms with Crippen LogP contribution in [0.1, 0.15) is 43.9 Å². The number of nitrogens with one attached hydrogen (secondary N) is 1. The first kappa shape index (κ1) is 11.6. The second kappa shape index (κ2) is 5.46. The molecule has 1 unspecified atom stereocenters. The molecule has 2 rings (SSSR count). The van der Waals surface area contributed by atoms with Gasteiger partial charge in [-0.2, -0.15) is 0 Å². The second-order valence-corrected chi connectivity index (χ2v) is 4.37. The number of oxazole rings is 1. The van der Waals surface area contributed by atoms with E-state index in [0.29, 0.717) is 0 Å². The topological polar surface area (TPSA) is 47.3 Å². The maximum Gasteiger partial charge on any atom is 0.194 e. The van der Waals surface area contributed by atoms with Crippen LogP contribution < -0.4 is 5.32 Å². The standard InChI is InChI=1S/C12H20N2O2/c1-9(15-2)11-8-14-12(16-11)4-3-7-13-10-5-6-10/h8-10,13H,3-7H2,1-2H3. The lowest BCUT2D eigenvalue weighted by atomic mass is 10.3. The van der Waals surface area contributed by atoms with E-state index in [1.165, 1.54) is 12.8 Å². The van der Waals surface area contributed by atoms with Crippen molar-refractivity contribution in [1.29, 1.82) is 0 Å². The first-order chi connectivity index (χ1) is 7.79. The molecule has 1 aromatic rings. The lowest BCUT2D eigenvalue weighted by Gasteiger charge is -2.03. The van der Waals surface area contributed by atoms with Crippen molar-refractivity contribution in [3.63, 3.8) is 0 Å². The summed E-state index contributed by atoms with van der Waals surface area (Å²) in [6.07, 6.45) is 6.42. The van der Waals surface area contributed by atoms with Gasteiger partial charge in [-0.05, 0) is 32.7 Å². The van der Waals surface area contributed by atoms with Crippen molar-refractivity contribution < 1.29 is 9.15 Å². The van der Waals surface area contributed by atoms with Crippen molar-refractivity contribution in [3.8, 4) is 0 Å². The van der Waals surface area contributed by atoms with Crippen LogP contribution in [0.15, 0.2) is 10.6 Å². The molecule has 1 aliphatic rings. The van der Waals surface area contributed by atoms with Crippen LogP contribution in [0.25, 0.3) is 0 Å². The predicted octanol–water partition coefficient (Wildman–Crippen LogP) is 2.07. The normalized spacial score (nSPS) is 17.6. The van der Waals surface area contributed by atoms with E-state index in [4.69, 9.17) is 9.15 Å². The average molecular weight is 224 g/mol. The Kier molecular flexibility index (Phi) is 3.96. The lowest BCUT2D eigenvalue weighted by Crippen LogP contribution is -2.17. The Bertz CT molecular complexity index is 321. The van der Waals surface area contributed by atoms with Crippen LogP contribution in [-0.2, 0) is 11.2 Å². The van der Waals surface area contributed by atoms with E-state index >= 15 is 0 Å². The largest absolute Gasteiger partial charge is 0.443 e. The van der Waals surface area contributed by atoms with Crippen molar-refractivity contribution in [2.24, 2.45) is 0 Å². The van der Waals surface area contributed by atoms with Crippen LogP contribution in [0.4, 0.5) is 0 Å². The molecule has 16 heavy (non-hydrogen) atoms. The SMILES string of the molecule is COC(C)c1cnc(CCCNC2CC2)o1. The van der Waals surface area contributed by atoms with Gasteiger partial charge in [0.05, 0.1) is 6.20 Å². The summed E-state index contributed by atoms with van der Waals surface area (Å²) < 4.78 is 10.8. The first-order valence-corrected chi connectivity index (χ1v) is 6.00. The maximum absolute atomic E-state index is 5.60. The minimum Gasteiger partial charge on any atom is -0.443 e. The van der Waals surface area contributed by atoms with E-state index in [0.717, 1.165) is 37.1 Å². The highest BCUT2D eigenvalue weighted by Gasteiger charge is 2.19. The van der Waals surface area contributed by atoms with E-state index < -0.39 is 0 Å². The molecule has 0 radical (unpaired) electrons. The molecule has 4 nitrogen and oxygen atoms in total. The Labute approximate surface area is 96.4 Å². The fourth-order valence-electron chi connectivity index (χ4n) is 1.58. The summed E-state index contributed by atoms with van der Waals surface area (Å²) in [5.74, 6) is 1.63. The van der Waals surface area contributed by atoms with Crippen molar-refractivity contribution in [1.82, 2.24) is 10.3 Å². The Morgan fingerprint density at radius 1 is 1.62 bits per heavy atom. The minimum atomic E-state index is -0.00848. The molecule has 0 saturated heterocycles. The smallest absolute Gasteiger partial charge is 0.194 e. The zero-order valence-corrected chi connectivity index (χ0v) is 10.0. The van der Waals surface area contributed by atoms with Crippen molar-refractivity contribution in [2.75, 3.05) is 13.7 Å². The third-order valence-corrected chi connectivity index (χ3v) is 2.90. The molecule has 1 saturated carbocycles. The molecular formula is C12H20N2O2. The number of rotatable bonds is 7. The zero-order chi connectivity index (χ0) is 11.4. The number of methoxy groups -OCH3 is 1. The molecule has 90 valence electrons. The van der Waals surface area contributed by atoms with E-state index in [2.05, 4.69) is 10.3 Å². The molecule has 1 fully saturated rings. The van der Waals surface area contributed by atoms with Crippen LogP contribution in [0, 0.1) is 0 Å². The summed E-state index contributed by atoms with van der Waals surface area (Å²) in [6, 6.07) is 0.786. The Morgan fingerprint density at radius 3 is 3.12 bits per heavy atom. The molecule has 1 aromatic heterocycles. The molecule has 1 N–H and O–H groups in total. The number of hydrogen-bond donors (Lipinski definition) is 1. The molecule has 0 bridgehead atoms. The number of ether oxygens (including phenoxy) is 1.